The van der Waals surface area contributed by atoms with E-state index in [1.807, 2.05) is 0 Å². The zero-order valence-electron chi connectivity index (χ0n) is 23.2. The van der Waals surface area contributed by atoms with Crippen LogP contribution in [0.4, 0.5) is 10.5 Å². The predicted molar refractivity (Wildman–Crippen MR) is 155 cm³/mol. The van der Waals surface area contributed by atoms with Crippen LogP contribution in [-0.2, 0) is 11.8 Å². The fourth-order valence-corrected chi connectivity index (χ4v) is 8.28. The number of aromatic nitrogens is 1. The van der Waals surface area contributed by atoms with Crippen LogP contribution in [0.25, 0.3) is 5.69 Å². The summed E-state index contributed by atoms with van der Waals surface area (Å²) in [6, 6.07) is 16.9. The normalized spacial score (nSPS) is 25.7. The van der Waals surface area contributed by atoms with Gasteiger partial charge in [0.2, 0.25) is 0 Å². The fourth-order valence-electron chi connectivity index (χ4n) is 8.28. The maximum Gasteiger partial charge on any atom is 0.339 e. The number of amides is 2. The second kappa shape index (κ2) is 9.76. The van der Waals surface area contributed by atoms with Gasteiger partial charge in [0.25, 0.3) is 0 Å². The summed E-state index contributed by atoms with van der Waals surface area (Å²) in [6.45, 7) is 8.56. The molecule has 3 aromatic rings. The Kier molecular flexibility index (Phi) is 6.41. The first kappa shape index (κ1) is 25.0. The molecule has 2 N–H and O–H groups in total. The Hall–Kier alpha value is -3.34. The Bertz CT molecular complexity index is 1350. The average Bonchev–Trinajstić information content (AvgIpc) is 3.16. The highest BCUT2D eigenvalue weighted by Crippen LogP contribution is 2.60. The summed E-state index contributed by atoms with van der Waals surface area (Å²) >= 11 is 0. The molecule has 38 heavy (non-hydrogen) atoms. The second-order valence-corrected chi connectivity index (χ2v) is 12.2. The van der Waals surface area contributed by atoms with E-state index in [4.69, 9.17) is 0 Å². The van der Waals surface area contributed by atoms with Crippen molar-refractivity contribution < 1.29 is 4.79 Å². The summed E-state index contributed by atoms with van der Waals surface area (Å²) in [6.07, 6.45) is 11.1. The predicted octanol–water partition coefficient (Wildman–Crippen LogP) is 7.59. The van der Waals surface area contributed by atoms with Gasteiger partial charge in [0.05, 0.1) is 11.9 Å². The van der Waals surface area contributed by atoms with Gasteiger partial charge in [-0.2, -0.15) is 5.10 Å². The molecule has 0 atom stereocenters. The van der Waals surface area contributed by atoms with E-state index < -0.39 is 0 Å². The Morgan fingerprint density at radius 2 is 1.66 bits per heavy atom. The van der Waals surface area contributed by atoms with Crippen LogP contribution < -0.4 is 10.7 Å². The summed E-state index contributed by atoms with van der Waals surface area (Å²) in [5, 5.41) is 7.20. The molecule has 1 aromatic heterocycles. The highest BCUT2D eigenvalue weighted by Gasteiger charge is 2.51. The van der Waals surface area contributed by atoms with E-state index in [9.17, 15) is 4.79 Å². The van der Waals surface area contributed by atoms with E-state index in [0.29, 0.717) is 5.41 Å². The number of aryl methyl sites for hydroxylation is 3. The van der Waals surface area contributed by atoms with Crippen molar-refractivity contribution in [1.82, 2.24) is 9.99 Å². The smallest absolute Gasteiger partial charge is 0.317 e. The molecule has 0 radical (unpaired) electrons. The van der Waals surface area contributed by atoms with Crippen LogP contribution in [0.15, 0.2) is 53.6 Å². The Morgan fingerprint density at radius 3 is 2.29 bits per heavy atom. The highest BCUT2D eigenvalue weighted by molar-refractivity contribution is 5.90. The minimum Gasteiger partial charge on any atom is -0.317 e. The van der Waals surface area contributed by atoms with Crippen molar-refractivity contribution in [1.29, 1.82) is 0 Å². The molecule has 4 aliphatic carbocycles. The van der Waals surface area contributed by atoms with E-state index in [1.54, 1.807) is 6.21 Å². The molecule has 1 heterocycles. The van der Waals surface area contributed by atoms with Gasteiger partial charge in [0.15, 0.2) is 0 Å². The van der Waals surface area contributed by atoms with Gasteiger partial charge in [0.1, 0.15) is 0 Å². The molecule has 0 spiro atoms. The third kappa shape index (κ3) is 4.46. The zero-order chi connectivity index (χ0) is 26.4. The van der Waals surface area contributed by atoms with Gasteiger partial charge in [-0.1, -0.05) is 37.3 Å². The summed E-state index contributed by atoms with van der Waals surface area (Å²) in [7, 11) is 0. The van der Waals surface area contributed by atoms with Crippen LogP contribution in [0.5, 0.6) is 0 Å². The topological polar surface area (TPSA) is 58.4 Å². The van der Waals surface area contributed by atoms with E-state index in [0.717, 1.165) is 46.8 Å². The van der Waals surface area contributed by atoms with E-state index in [1.165, 1.54) is 60.9 Å². The SMILES string of the molecule is CCc1cccc(C)c1-n1c(C)cc(/C=N/NC(=O)Nc2ccc(C34CC5CC(CC(C5)C3)C4)cc2)c1C. The van der Waals surface area contributed by atoms with Gasteiger partial charge in [-0.15, -0.1) is 0 Å². The molecule has 2 aromatic carbocycles. The van der Waals surface area contributed by atoms with Crippen molar-refractivity contribution in [3.05, 3.63) is 82.2 Å². The molecule has 0 saturated heterocycles. The number of carbonyl (C=O) groups excluding carboxylic acids is 1. The Labute approximate surface area is 226 Å². The van der Waals surface area contributed by atoms with Gasteiger partial charge in [0, 0.05) is 22.6 Å². The monoisotopic (exact) mass is 508 g/mol. The number of hydrogen-bond donors (Lipinski definition) is 2. The molecule has 5 nitrogen and oxygen atoms in total. The standard InChI is InChI=1S/C33H40N4O/c1-5-27-8-6-7-21(2)31(27)37-22(3)13-28(23(37)4)20-34-36-32(38)35-30-11-9-29(10-12-30)33-17-24-14-25(18-33)16-26(15-24)19-33/h6-13,20,24-26H,5,14-19H2,1-4H3,(H2,35,36,38)/b34-20+. The second-order valence-electron chi connectivity index (χ2n) is 12.2. The molecule has 2 amide bonds. The van der Waals surface area contributed by atoms with Gasteiger partial charge in [-0.05, 0) is 124 Å². The molecule has 7 rings (SSSR count). The van der Waals surface area contributed by atoms with Crippen molar-refractivity contribution in [2.75, 3.05) is 5.32 Å². The van der Waals surface area contributed by atoms with Crippen molar-refractivity contribution in [3.63, 3.8) is 0 Å². The van der Waals surface area contributed by atoms with Crippen LogP contribution in [0.3, 0.4) is 0 Å². The number of anilines is 1. The third-order valence-corrected chi connectivity index (χ3v) is 9.56. The lowest BCUT2D eigenvalue weighted by Crippen LogP contribution is -2.48. The van der Waals surface area contributed by atoms with E-state index in [2.05, 4.69) is 96.6 Å². The van der Waals surface area contributed by atoms with Crippen LogP contribution in [0, 0.1) is 38.5 Å². The number of urea groups is 1. The third-order valence-electron chi connectivity index (χ3n) is 9.56. The van der Waals surface area contributed by atoms with E-state index >= 15 is 0 Å². The largest absolute Gasteiger partial charge is 0.339 e. The number of nitrogens with one attached hydrogen (secondary N) is 2. The first-order chi connectivity index (χ1) is 18.3. The quantitative estimate of drug-likeness (QED) is 0.262. The molecular formula is C33H40N4O. The molecule has 4 bridgehead atoms. The summed E-state index contributed by atoms with van der Waals surface area (Å²) in [5.74, 6) is 2.78. The Morgan fingerprint density at radius 1 is 1.00 bits per heavy atom. The van der Waals surface area contributed by atoms with Gasteiger partial charge >= 0.3 is 6.03 Å². The molecule has 4 fully saturated rings. The Balaban J connectivity index is 1.11. The van der Waals surface area contributed by atoms with Crippen molar-refractivity contribution in [2.24, 2.45) is 22.9 Å². The molecular weight excluding hydrogens is 468 g/mol. The number of nitrogens with zero attached hydrogens (tertiary/aromatic N) is 2. The lowest BCUT2D eigenvalue weighted by molar-refractivity contribution is -0.00518. The molecule has 0 aliphatic heterocycles. The van der Waals surface area contributed by atoms with Crippen LogP contribution in [-0.4, -0.2) is 16.8 Å². The van der Waals surface area contributed by atoms with Gasteiger partial charge in [-0.3, -0.25) is 0 Å². The first-order valence-electron chi connectivity index (χ1n) is 14.3. The molecule has 0 unspecified atom stereocenters. The minimum absolute atomic E-state index is 0.329. The number of benzene rings is 2. The molecule has 4 aliphatic rings. The fraction of sp³-hybridized carbons (Fsp3) is 0.455. The van der Waals surface area contributed by atoms with Crippen molar-refractivity contribution in [2.45, 2.75) is 78.1 Å². The summed E-state index contributed by atoms with van der Waals surface area (Å²) in [4.78, 5) is 12.6. The number of carbonyl (C=O) groups is 1. The number of para-hydroxylation sites is 1. The summed E-state index contributed by atoms with van der Waals surface area (Å²) < 4.78 is 2.29. The maximum atomic E-state index is 12.6. The van der Waals surface area contributed by atoms with Crippen molar-refractivity contribution >= 4 is 17.9 Å². The zero-order valence-corrected chi connectivity index (χ0v) is 23.2. The number of hydrogen-bond acceptors (Lipinski definition) is 2. The number of rotatable bonds is 6. The van der Waals surface area contributed by atoms with Gasteiger partial charge in [-0.25, -0.2) is 10.2 Å². The van der Waals surface area contributed by atoms with Crippen molar-refractivity contribution in [3.8, 4) is 5.69 Å². The van der Waals surface area contributed by atoms with Crippen LogP contribution in [0.2, 0.25) is 0 Å². The lowest BCUT2D eigenvalue weighted by Gasteiger charge is -2.57. The molecule has 5 heteroatoms. The average molecular weight is 509 g/mol. The molecule has 198 valence electrons. The van der Waals surface area contributed by atoms with Crippen LogP contribution in [0.1, 0.15) is 79.1 Å². The number of hydrazone groups is 1. The maximum absolute atomic E-state index is 12.6. The highest BCUT2D eigenvalue weighted by atomic mass is 16.2. The van der Waals surface area contributed by atoms with Crippen LogP contribution >= 0.6 is 0 Å². The summed E-state index contributed by atoms with van der Waals surface area (Å²) in [5.41, 5.74) is 12.4. The lowest BCUT2D eigenvalue weighted by atomic mass is 9.48. The van der Waals surface area contributed by atoms with Gasteiger partial charge < -0.3 is 9.88 Å². The minimum atomic E-state index is -0.329. The van der Waals surface area contributed by atoms with E-state index in [-0.39, 0.29) is 6.03 Å². The first-order valence-corrected chi connectivity index (χ1v) is 14.3. The molecule has 4 saturated carbocycles.